The number of hydroxylamine groups is 1. The summed E-state index contributed by atoms with van der Waals surface area (Å²) < 4.78 is 25.0. The number of sulfonamides is 1. The first kappa shape index (κ1) is 13.8. The Morgan fingerprint density at radius 3 is 2.89 bits per heavy atom. The SMILES string of the molecule is CCONC(=O)c1cccc(N2CCCS2(=O)=O)c1. The summed E-state index contributed by atoms with van der Waals surface area (Å²) in [5.74, 6) is -0.233. The molecule has 1 N–H and O–H groups in total. The molecule has 1 heterocycles. The first-order chi connectivity index (χ1) is 9.04. The number of nitrogens with one attached hydrogen (secondary N) is 1. The van der Waals surface area contributed by atoms with Gasteiger partial charge in [-0.1, -0.05) is 6.07 Å². The van der Waals surface area contributed by atoms with Crippen LogP contribution in [-0.4, -0.2) is 33.2 Å². The Morgan fingerprint density at radius 1 is 1.47 bits per heavy atom. The van der Waals surface area contributed by atoms with E-state index in [9.17, 15) is 13.2 Å². The van der Waals surface area contributed by atoms with Gasteiger partial charge in [0, 0.05) is 12.1 Å². The summed E-state index contributed by atoms with van der Waals surface area (Å²) in [5, 5.41) is 0. The summed E-state index contributed by atoms with van der Waals surface area (Å²) in [6.45, 7) is 2.58. The molecule has 0 spiro atoms. The summed E-state index contributed by atoms with van der Waals surface area (Å²) in [7, 11) is -3.23. The maximum atomic E-state index is 11.8. The Bertz CT molecular complexity index is 571. The smallest absolute Gasteiger partial charge is 0.274 e. The van der Waals surface area contributed by atoms with Crippen molar-refractivity contribution in [3.8, 4) is 0 Å². The molecule has 1 aliphatic heterocycles. The van der Waals surface area contributed by atoms with Gasteiger partial charge in [0.1, 0.15) is 0 Å². The number of rotatable bonds is 4. The molecule has 0 aromatic heterocycles. The molecule has 0 saturated carbocycles. The molecule has 1 fully saturated rings. The van der Waals surface area contributed by atoms with E-state index in [1.165, 1.54) is 4.31 Å². The number of carbonyl (C=O) groups is 1. The molecular weight excluding hydrogens is 268 g/mol. The van der Waals surface area contributed by atoms with Gasteiger partial charge in [-0.05, 0) is 31.5 Å². The number of hydrogen-bond donors (Lipinski definition) is 1. The second-order valence-electron chi connectivity index (χ2n) is 4.16. The Kier molecular flexibility index (Phi) is 4.06. The van der Waals surface area contributed by atoms with Crippen molar-refractivity contribution in [1.29, 1.82) is 0 Å². The van der Waals surface area contributed by atoms with Crippen molar-refractivity contribution in [2.24, 2.45) is 0 Å². The largest absolute Gasteiger partial charge is 0.274 e. The summed E-state index contributed by atoms with van der Waals surface area (Å²) in [6.07, 6.45) is 0.609. The van der Waals surface area contributed by atoms with Crippen LogP contribution in [0.1, 0.15) is 23.7 Å². The molecule has 19 heavy (non-hydrogen) atoms. The predicted molar refractivity (Wildman–Crippen MR) is 71.3 cm³/mol. The predicted octanol–water partition coefficient (Wildman–Crippen LogP) is 0.908. The first-order valence-corrected chi connectivity index (χ1v) is 7.68. The van der Waals surface area contributed by atoms with Crippen molar-refractivity contribution in [3.63, 3.8) is 0 Å². The van der Waals surface area contributed by atoms with E-state index in [0.717, 1.165) is 0 Å². The second-order valence-corrected chi connectivity index (χ2v) is 6.17. The molecule has 1 aliphatic rings. The lowest BCUT2D eigenvalue weighted by Crippen LogP contribution is -2.26. The van der Waals surface area contributed by atoms with Crippen molar-refractivity contribution in [3.05, 3.63) is 29.8 Å². The van der Waals surface area contributed by atoms with Crippen LogP contribution >= 0.6 is 0 Å². The van der Waals surface area contributed by atoms with Crippen LogP contribution in [0.5, 0.6) is 0 Å². The molecule has 1 amide bonds. The molecule has 6 nitrogen and oxygen atoms in total. The Balaban J connectivity index is 2.22. The van der Waals surface area contributed by atoms with Gasteiger partial charge in [0.25, 0.3) is 5.91 Å². The topological polar surface area (TPSA) is 75.7 Å². The molecule has 0 radical (unpaired) electrons. The monoisotopic (exact) mass is 284 g/mol. The van der Waals surface area contributed by atoms with Crippen molar-refractivity contribution in [2.45, 2.75) is 13.3 Å². The Labute approximate surface area is 112 Å². The quantitative estimate of drug-likeness (QED) is 0.834. The van der Waals surface area contributed by atoms with Gasteiger partial charge in [0.15, 0.2) is 0 Å². The lowest BCUT2D eigenvalue weighted by atomic mass is 10.2. The van der Waals surface area contributed by atoms with E-state index in [4.69, 9.17) is 4.84 Å². The van der Waals surface area contributed by atoms with E-state index in [0.29, 0.717) is 30.8 Å². The van der Waals surface area contributed by atoms with Crippen molar-refractivity contribution in [1.82, 2.24) is 5.48 Å². The van der Waals surface area contributed by atoms with E-state index < -0.39 is 10.0 Å². The third-order valence-corrected chi connectivity index (χ3v) is 4.67. The molecular formula is C12H16N2O4S. The van der Waals surface area contributed by atoms with Crippen LogP contribution in [-0.2, 0) is 14.9 Å². The Morgan fingerprint density at radius 2 is 2.26 bits per heavy atom. The molecule has 0 atom stereocenters. The summed E-state index contributed by atoms with van der Waals surface area (Å²) >= 11 is 0. The molecule has 0 bridgehead atoms. The van der Waals surface area contributed by atoms with E-state index in [2.05, 4.69) is 5.48 Å². The first-order valence-electron chi connectivity index (χ1n) is 6.07. The highest BCUT2D eigenvalue weighted by Crippen LogP contribution is 2.24. The van der Waals surface area contributed by atoms with E-state index in [-0.39, 0.29) is 11.7 Å². The fraction of sp³-hybridized carbons (Fsp3) is 0.417. The number of anilines is 1. The van der Waals surface area contributed by atoms with Gasteiger partial charge in [0.05, 0.1) is 18.0 Å². The minimum Gasteiger partial charge on any atom is -0.274 e. The zero-order chi connectivity index (χ0) is 13.9. The van der Waals surface area contributed by atoms with Gasteiger partial charge in [-0.15, -0.1) is 0 Å². The summed E-state index contributed by atoms with van der Waals surface area (Å²) in [4.78, 5) is 16.6. The van der Waals surface area contributed by atoms with Crippen LogP contribution in [0.25, 0.3) is 0 Å². The third-order valence-electron chi connectivity index (χ3n) is 2.80. The maximum Gasteiger partial charge on any atom is 0.274 e. The van der Waals surface area contributed by atoms with E-state index in [1.807, 2.05) is 0 Å². The number of amides is 1. The molecule has 104 valence electrons. The zero-order valence-corrected chi connectivity index (χ0v) is 11.4. The van der Waals surface area contributed by atoms with E-state index >= 15 is 0 Å². The van der Waals surface area contributed by atoms with Crippen LogP contribution < -0.4 is 9.79 Å². The maximum absolute atomic E-state index is 11.8. The van der Waals surface area contributed by atoms with Crippen LogP contribution in [0, 0.1) is 0 Å². The summed E-state index contributed by atoms with van der Waals surface area (Å²) in [5.41, 5.74) is 3.16. The highest BCUT2D eigenvalue weighted by Gasteiger charge is 2.28. The third kappa shape index (κ3) is 3.05. The van der Waals surface area contributed by atoms with Gasteiger partial charge in [-0.3, -0.25) is 13.9 Å². The van der Waals surface area contributed by atoms with Crippen molar-refractivity contribution < 1.29 is 18.0 Å². The molecule has 7 heteroatoms. The fourth-order valence-corrected chi connectivity index (χ4v) is 3.48. The highest BCUT2D eigenvalue weighted by atomic mass is 32.2. The zero-order valence-electron chi connectivity index (χ0n) is 10.6. The fourth-order valence-electron chi connectivity index (χ4n) is 1.93. The molecule has 1 aromatic rings. The molecule has 1 aromatic carbocycles. The molecule has 1 saturated heterocycles. The minimum absolute atomic E-state index is 0.155. The van der Waals surface area contributed by atoms with Crippen molar-refractivity contribution in [2.75, 3.05) is 23.2 Å². The minimum atomic E-state index is -3.23. The van der Waals surface area contributed by atoms with E-state index in [1.54, 1.807) is 31.2 Å². The van der Waals surface area contributed by atoms with Gasteiger partial charge < -0.3 is 0 Å². The van der Waals surface area contributed by atoms with Crippen LogP contribution in [0.15, 0.2) is 24.3 Å². The normalized spacial score (nSPS) is 17.4. The van der Waals surface area contributed by atoms with Gasteiger partial charge >= 0.3 is 0 Å². The van der Waals surface area contributed by atoms with Crippen LogP contribution in [0.3, 0.4) is 0 Å². The standard InChI is InChI=1S/C12H16N2O4S/c1-2-18-13-12(15)10-5-3-6-11(9-10)14-7-4-8-19(14,16)17/h3,5-6,9H,2,4,7-8H2,1H3,(H,13,15). The number of carbonyl (C=O) groups excluding carboxylic acids is 1. The lowest BCUT2D eigenvalue weighted by molar-refractivity contribution is 0.0364. The lowest BCUT2D eigenvalue weighted by Gasteiger charge is -2.17. The van der Waals surface area contributed by atoms with Crippen LogP contribution in [0.4, 0.5) is 5.69 Å². The van der Waals surface area contributed by atoms with Crippen LogP contribution in [0.2, 0.25) is 0 Å². The number of benzene rings is 1. The number of hydrogen-bond acceptors (Lipinski definition) is 4. The average molecular weight is 284 g/mol. The summed E-state index contributed by atoms with van der Waals surface area (Å²) in [6, 6.07) is 6.50. The number of nitrogens with zero attached hydrogens (tertiary/aromatic N) is 1. The van der Waals surface area contributed by atoms with Crippen molar-refractivity contribution >= 4 is 21.6 Å². The molecule has 0 aliphatic carbocycles. The van der Waals surface area contributed by atoms with Gasteiger partial charge in [-0.25, -0.2) is 13.9 Å². The molecule has 0 unspecified atom stereocenters. The van der Waals surface area contributed by atoms with Gasteiger partial charge in [0.2, 0.25) is 10.0 Å². The highest BCUT2D eigenvalue weighted by molar-refractivity contribution is 7.93. The second kappa shape index (κ2) is 5.58. The average Bonchev–Trinajstić information content (AvgIpc) is 2.75. The Hall–Kier alpha value is -1.60. The molecule has 2 rings (SSSR count). The van der Waals surface area contributed by atoms with Gasteiger partial charge in [-0.2, -0.15) is 0 Å².